The fraction of sp³-hybridized carbons (Fsp3) is 0.296. The third-order valence-electron chi connectivity index (χ3n) is 12.0. The minimum atomic E-state index is -5.08. The predicted octanol–water partition coefficient (Wildman–Crippen LogP) is 7.96. The number of piperidine rings is 1. The molecule has 6 aromatic rings. The lowest BCUT2D eigenvalue weighted by molar-refractivity contribution is -0.193. The lowest BCUT2D eigenvalue weighted by Crippen LogP contribution is -2.40. The number of rotatable bonds is 17. The van der Waals surface area contributed by atoms with Crippen molar-refractivity contribution in [1.29, 1.82) is 0 Å². The molecule has 410 valence electrons. The second kappa shape index (κ2) is 28.0. The van der Waals surface area contributed by atoms with Crippen LogP contribution in [0.3, 0.4) is 0 Å². The van der Waals surface area contributed by atoms with Crippen LogP contribution in [0.4, 0.5) is 42.5 Å². The predicted molar refractivity (Wildman–Crippen MR) is 273 cm³/mol. The number of ether oxygens (including phenoxy) is 1. The summed E-state index contributed by atoms with van der Waals surface area (Å²) in [5, 5.41) is 44.9. The summed E-state index contributed by atoms with van der Waals surface area (Å²) in [6.07, 6.45) is -8.95. The number of para-hydroxylation sites is 1. The molecule has 1 aliphatic heterocycles. The van der Waals surface area contributed by atoms with Crippen molar-refractivity contribution in [1.82, 2.24) is 20.5 Å². The highest BCUT2D eigenvalue weighted by molar-refractivity contribution is 5.93. The van der Waals surface area contributed by atoms with Gasteiger partial charge in [0.2, 0.25) is 17.4 Å². The fourth-order valence-electron chi connectivity index (χ4n) is 7.81. The van der Waals surface area contributed by atoms with E-state index in [1.807, 2.05) is 103 Å². The van der Waals surface area contributed by atoms with E-state index in [1.54, 1.807) is 24.1 Å². The van der Waals surface area contributed by atoms with Gasteiger partial charge in [-0.1, -0.05) is 91.0 Å². The zero-order chi connectivity index (χ0) is 56.3. The molecule has 0 aliphatic carbocycles. The maximum absolute atomic E-state index is 13.1. The Bertz CT molecular complexity index is 2960. The largest absolute Gasteiger partial charge is 0.506 e. The maximum Gasteiger partial charge on any atom is 0.490 e. The number of phenols is 1. The first-order chi connectivity index (χ1) is 36.5. The van der Waals surface area contributed by atoms with Crippen molar-refractivity contribution in [2.75, 3.05) is 50.0 Å². The van der Waals surface area contributed by atoms with Crippen molar-refractivity contribution in [2.24, 2.45) is 0 Å². The van der Waals surface area contributed by atoms with Gasteiger partial charge in [-0.2, -0.15) is 26.3 Å². The van der Waals surface area contributed by atoms with Gasteiger partial charge in [0.1, 0.15) is 11.9 Å². The number of carbonyl (C=O) groups excluding carboxylic acids is 3. The molecule has 5 aromatic carbocycles. The zero-order valence-corrected chi connectivity index (χ0v) is 41.4. The summed E-state index contributed by atoms with van der Waals surface area (Å²) in [5.41, 5.74) is 6.93. The van der Waals surface area contributed by atoms with E-state index in [1.165, 1.54) is 12.1 Å². The Hall–Kier alpha value is -8.28. The molecule has 2 heterocycles. The van der Waals surface area contributed by atoms with Gasteiger partial charge in [-0.3, -0.25) is 19.7 Å². The van der Waals surface area contributed by atoms with E-state index < -0.39 is 36.5 Å². The second-order valence-electron chi connectivity index (χ2n) is 17.5. The number of phenolic OH excluding ortho intramolecular Hbond substituents is 1. The number of alkyl halides is 6. The van der Waals surface area contributed by atoms with Crippen LogP contribution < -0.4 is 26.4 Å². The molecule has 0 saturated carbocycles. The summed E-state index contributed by atoms with van der Waals surface area (Å²) < 4.78 is 69.2. The Kier molecular flexibility index (Phi) is 21.7. The highest BCUT2D eigenvalue weighted by atomic mass is 19.4. The van der Waals surface area contributed by atoms with Gasteiger partial charge in [-0.15, -0.1) is 0 Å². The summed E-state index contributed by atoms with van der Waals surface area (Å²) >= 11 is 0. The fourth-order valence-corrected chi connectivity index (χ4v) is 7.81. The lowest BCUT2D eigenvalue weighted by Gasteiger charge is -2.31. The van der Waals surface area contributed by atoms with Crippen LogP contribution in [0.1, 0.15) is 47.6 Å². The van der Waals surface area contributed by atoms with Crippen molar-refractivity contribution in [3.8, 4) is 16.9 Å². The number of aliphatic carboxylic acids is 2. The molecule has 0 unspecified atom stereocenters. The number of aliphatic hydroxyl groups excluding tert-OH is 1. The summed E-state index contributed by atoms with van der Waals surface area (Å²) in [4.78, 5) is 74.7. The van der Waals surface area contributed by atoms with Crippen LogP contribution in [0.25, 0.3) is 22.0 Å². The summed E-state index contributed by atoms with van der Waals surface area (Å²) in [6.45, 7) is 3.42. The Labute approximate surface area is 437 Å². The number of aromatic amines is 1. The number of aliphatic hydroxyl groups is 1. The van der Waals surface area contributed by atoms with Crippen LogP contribution in [0.2, 0.25) is 0 Å². The molecule has 1 aliphatic rings. The van der Waals surface area contributed by atoms with E-state index in [4.69, 9.17) is 24.5 Å². The topological polar surface area (TPSA) is 251 Å². The number of carboxylic acid groups (broad SMARTS) is 2. The number of halogens is 6. The number of aromatic hydroxyl groups is 1. The number of amides is 3. The molecule has 0 bridgehead atoms. The molecule has 77 heavy (non-hydrogen) atoms. The lowest BCUT2D eigenvalue weighted by atomic mass is 10.0. The Balaban J connectivity index is 0.000000688. The van der Waals surface area contributed by atoms with Gasteiger partial charge in [0, 0.05) is 68.9 Å². The monoisotopic (exact) mass is 1080 g/mol. The van der Waals surface area contributed by atoms with E-state index >= 15 is 0 Å². The Morgan fingerprint density at radius 1 is 0.766 bits per heavy atom. The molecule has 17 nitrogen and oxygen atoms in total. The normalized spacial score (nSPS) is 13.2. The number of benzene rings is 5. The van der Waals surface area contributed by atoms with Crippen molar-refractivity contribution in [3.63, 3.8) is 0 Å². The van der Waals surface area contributed by atoms with E-state index in [9.17, 15) is 55.7 Å². The molecule has 0 spiro atoms. The molecule has 1 fully saturated rings. The number of carboxylic acids is 2. The third-order valence-corrected chi connectivity index (χ3v) is 12.0. The van der Waals surface area contributed by atoms with E-state index in [-0.39, 0.29) is 35.6 Å². The number of nitrogens with zero attached hydrogens (tertiary/aromatic N) is 2. The van der Waals surface area contributed by atoms with Crippen molar-refractivity contribution in [3.05, 3.63) is 160 Å². The highest BCUT2D eigenvalue weighted by Crippen LogP contribution is 2.30. The molecular formula is C54H56F6N6O11. The van der Waals surface area contributed by atoms with Crippen LogP contribution in [0, 0.1) is 0 Å². The number of H-pyrrole nitrogens is 1. The molecule has 1 aromatic heterocycles. The number of nitrogens with one attached hydrogen (secondary N) is 4. The van der Waals surface area contributed by atoms with Gasteiger partial charge >= 0.3 is 30.4 Å². The molecular weight excluding hydrogens is 1020 g/mol. The second-order valence-corrected chi connectivity index (χ2v) is 17.5. The number of fused-ring (bicyclic) bond motifs is 1. The minimum Gasteiger partial charge on any atom is -0.506 e. The first-order valence-electron chi connectivity index (χ1n) is 23.9. The number of hydrogen-bond donors (Lipinski definition) is 8. The van der Waals surface area contributed by atoms with Gasteiger partial charge in [0.05, 0.1) is 23.7 Å². The van der Waals surface area contributed by atoms with Crippen LogP contribution in [-0.2, 0) is 43.3 Å². The van der Waals surface area contributed by atoms with Gasteiger partial charge < -0.3 is 50.6 Å². The van der Waals surface area contributed by atoms with E-state index in [0.717, 1.165) is 53.0 Å². The zero-order valence-electron chi connectivity index (χ0n) is 41.4. The Morgan fingerprint density at radius 2 is 1.35 bits per heavy atom. The van der Waals surface area contributed by atoms with Gasteiger partial charge in [-0.05, 0) is 84.0 Å². The van der Waals surface area contributed by atoms with Crippen LogP contribution in [0.15, 0.2) is 132 Å². The molecule has 0 radical (unpaired) electrons. The number of aromatic nitrogens is 1. The molecule has 1 saturated heterocycles. The smallest absolute Gasteiger partial charge is 0.490 e. The molecule has 7 rings (SSSR count). The number of pyridine rings is 1. The number of likely N-dealkylation sites (tertiary alicyclic amines) is 1. The molecule has 8 N–H and O–H groups in total. The van der Waals surface area contributed by atoms with Crippen LogP contribution >= 0.6 is 0 Å². The summed E-state index contributed by atoms with van der Waals surface area (Å²) in [6, 6.07) is 39.1. The van der Waals surface area contributed by atoms with Crippen molar-refractivity contribution < 1.29 is 75.5 Å². The first-order valence-corrected chi connectivity index (χ1v) is 23.9. The highest BCUT2D eigenvalue weighted by Gasteiger charge is 2.39. The third kappa shape index (κ3) is 19.1. The summed E-state index contributed by atoms with van der Waals surface area (Å²) in [7, 11) is 1.76. The SMILES string of the molecule is CN(C(=O)CCN1CCC(OC(=O)Nc2ccccc2-c2ccccc2)CC1)c1ccc(CC(=O)NCc2ccc(CCNC[C@H](O)c3ccc(O)c4[nH]c(=O)ccc34)cc2)cc1.O=C(O)C(F)(F)F.O=C(O)C(F)(F)F. The minimum absolute atomic E-state index is 0.00348. The van der Waals surface area contributed by atoms with Gasteiger partial charge in [0.15, 0.2) is 0 Å². The first kappa shape index (κ1) is 59.6. The average molecular weight is 1080 g/mol. The Morgan fingerprint density at radius 3 is 1.97 bits per heavy atom. The van der Waals surface area contributed by atoms with Crippen LogP contribution in [0.5, 0.6) is 5.75 Å². The van der Waals surface area contributed by atoms with E-state index in [0.29, 0.717) is 67.6 Å². The molecule has 3 amide bonds. The van der Waals surface area contributed by atoms with Crippen molar-refractivity contribution >= 4 is 52.1 Å². The molecule has 1 atom stereocenters. The van der Waals surface area contributed by atoms with Crippen LogP contribution in [-0.4, -0.2) is 118 Å². The number of anilines is 2. The maximum atomic E-state index is 13.1. The number of carbonyl (C=O) groups is 5. The summed E-state index contributed by atoms with van der Waals surface area (Å²) in [5.74, 6) is -5.67. The number of hydrogen-bond acceptors (Lipinski definition) is 11. The van der Waals surface area contributed by atoms with Gasteiger partial charge in [0.25, 0.3) is 0 Å². The quantitative estimate of drug-likeness (QED) is 0.0319. The van der Waals surface area contributed by atoms with Crippen molar-refractivity contribution in [2.45, 2.75) is 63.2 Å². The van der Waals surface area contributed by atoms with E-state index in [2.05, 4.69) is 25.8 Å². The standard InChI is InChI=1S/C50H54N6O7.2C2HF3O2/c1-55(48(61)26-30-56-28-24-39(25-29-56)63-50(62)53-43-10-6-5-9-40(43)37-7-3-2-4-8-37)38-17-15-35(16-18-38)31-47(60)52-32-36-13-11-34(12-14-36)23-27-51-33-45(58)41-19-21-44(57)49-42(41)20-22-46(59)54-49;2*3-2(4,5)1(6)7/h2-22,39,45,51,57-58H,23-33H2,1H3,(H,52,60)(H,53,62)(H,54,59);2*(H,6,7)/t45-;;/m0../s1. The van der Waals surface area contributed by atoms with Gasteiger partial charge in [-0.25, -0.2) is 14.4 Å². The average Bonchev–Trinajstić information content (AvgIpc) is 3.40. The molecule has 23 heteroatoms.